The number of aryl methyl sites for hydroxylation is 1. The second kappa shape index (κ2) is 7.72. The largest absolute Gasteiger partial charge is 0.350 e. The molecule has 0 radical (unpaired) electrons. The number of hydrogen-bond donors (Lipinski definition) is 2. The molecule has 3 aromatic rings. The summed E-state index contributed by atoms with van der Waals surface area (Å²) >= 11 is 1.70. The molecule has 0 aliphatic heterocycles. The molecule has 4 rings (SSSR count). The monoisotopic (exact) mass is 351 g/mol. The molecule has 25 heavy (non-hydrogen) atoms. The van der Waals surface area contributed by atoms with Gasteiger partial charge in [0.25, 0.3) is 0 Å². The van der Waals surface area contributed by atoms with Gasteiger partial charge in [0.15, 0.2) is 0 Å². The van der Waals surface area contributed by atoms with Gasteiger partial charge in [-0.1, -0.05) is 30.3 Å². The van der Waals surface area contributed by atoms with E-state index >= 15 is 0 Å². The maximum Gasteiger partial charge on any atom is 0.223 e. The van der Waals surface area contributed by atoms with Crippen LogP contribution in [0.5, 0.6) is 0 Å². The van der Waals surface area contributed by atoms with Gasteiger partial charge in [-0.05, 0) is 30.4 Å². The second-order valence-electron chi connectivity index (χ2n) is 6.25. The van der Waals surface area contributed by atoms with Crippen molar-refractivity contribution in [3.63, 3.8) is 0 Å². The smallest absolute Gasteiger partial charge is 0.223 e. The SMILES string of the molecule is c1ccc(CNc2ncc3c(n2)CCC(NCc2nccs2)C3)cc1. The van der Waals surface area contributed by atoms with Crippen molar-refractivity contribution in [2.75, 3.05) is 5.32 Å². The number of thiazole rings is 1. The Morgan fingerprint density at radius 1 is 1.12 bits per heavy atom. The van der Waals surface area contributed by atoms with E-state index in [1.807, 2.05) is 36.0 Å². The molecule has 2 heterocycles. The van der Waals surface area contributed by atoms with Crippen LogP contribution in [0.25, 0.3) is 0 Å². The summed E-state index contributed by atoms with van der Waals surface area (Å²) in [4.78, 5) is 13.5. The van der Waals surface area contributed by atoms with Crippen molar-refractivity contribution in [3.05, 3.63) is 69.9 Å². The third-order valence-corrected chi connectivity index (χ3v) is 5.25. The number of nitrogens with one attached hydrogen (secondary N) is 2. The topological polar surface area (TPSA) is 62.7 Å². The number of rotatable bonds is 6. The summed E-state index contributed by atoms with van der Waals surface area (Å²) in [5.41, 5.74) is 3.67. The molecule has 0 amide bonds. The quantitative estimate of drug-likeness (QED) is 0.714. The first-order valence-corrected chi connectivity index (χ1v) is 9.49. The van der Waals surface area contributed by atoms with Crippen LogP contribution in [0.2, 0.25) is 0 Å². The molecule has 0 saturated heterocycles. The van der Waals surface area contributed by atoms with Gasteiger partial charge in [-0.2, -0.15) is 0 Å². The van der Waals surface area contributed by atoms with Crippen LogP contribution in [0.4, 0.5) is 5.95 Å². The van der Waals surface area contributed by atoms with Crippen molar-refractivity contribution in [2.45, 2.75) is 38.4 Å². The lowest BCUT2D eigenvalue weighted by atomic mass is 9.93. The average Bonchev–Trinajstić information content (AvgIpc) is 3.19. The lowest BCUT2D eigenvalue weighted by Crippen LogP contribution is -2.34. The van der Waals surface area contributed by atoms with Crippen molar-refractivity contribution in [1.29, 1.82) is 0 Å². The molecule has 2 aromatic heterocycles. The molecule has 0 saturated carbocycles. The molecular weight excluding hydrogens is 330 g/mol. The molecule has 1 aromatic carbocycles. The van der Waals surface area contributed by atoms with Crippen LogP contribution in [0.3, 0.4) is 0 Å². The fourth-order valence-electron chi connectivity index (χ4n) is 3.12. The standard InChI is InChI=1S/C19H21N5S/c1-2-4-14(5-3-1)11-22-19-23-12-15-10-16(6-7-17(15)24-19)21-13-18-20-8-9-25-18/h1-5,8-9,12,16,21H,6-7,10-11,13H2,(H,22,23,24). The Bertz CT molecular complexity index is 804. The second-order valence-corrected chi connectivity index (χ2v) is 7.23. The fourth-order valence-corrected chi connectivity index (χ4v) is 3.68. The molecule has 0 fully saturated rings. The van der Waals surface area contributed by atoms with E-state index < -0.39 is 0 Å². The van der Waals surface area contributed by atoms with Gasteiger partial charge < -0.3 is 10.6 Å². The molecule has 0 spiro atoms. The number of benzene rings is 1. The van der Waals surface area contributed by atoms with E-state index in [4.69, 9.17) is 4.98 Å². The summed E-state index contributed by atoms with van der Waals surface area (Å²) in [6.45, 7) is 1.59. The van der Waals surface area contributed by atoms with E-state index in [1.165, 1.54) is 16.8 Å². The van der Waals surface area contributed by atoms with Gasteiger partial charge in [0, 0.05) is 42.6 Å². The minimum atomic E-state index is 0.475. The van der Waals surface area contributed by atoms with Gasteiger partial charge in [0.05, 0.1) is 0 Å². The third kappa shape index (κ3) is 4.21. The third-order valence-electron chi connectivity index (χ3n) is 4.47. The van der Waals surface area contributed by atoms with Gasteiger partial charge in [-0.3, -0.25) is 0 Å². The highest BCUT2D eigenvalue weighted by Gasteiger charge is 2.20. The van der Waals surface area contributed by atoms with Crippen LogP contribution in [-0.2, 0) is 25.9 Å². The van der Waals surface area contributed by atoms with Gasteiger partial charge in [-0.25, -0.2) is 15.0 Å². The highest BCUT2D eigenvalue weighted by atomic mass is 32.1. The van der Waals surface area contributed by atoms with Crippen LogP contribution in [0.1, 0.15) is 28.2 Å². The maximum atomic E-state index is 4.71. The van der Waals surface area contributed by atoms with Crippen molar-refractivity contribution in [2.24, 2.45) is 0 Å². The Kier molecular flexibility index (Phi) is 4.99. The molecule has 1 aliphatic rings. The Labute approximate surface area is 151 Å². The number of anilines is 1. The van der Waals surface area contributed by atoms with Crippen molar-refractivity contribution < 1.29 is 0 Å². The first-order chi connectivity index (χ1) is 12.4. The van der Waals surface area contributed by atoms with Crippen LogP contribution in [0.15, 0.2) is 48.1 Å². The highest BCUT2D eigenvalue weighted by molar-refractivity contribution is 7.09. The minimum Gasteiger partial charge on any atom is -0.350 e. The van der Waals surface area contributed by atoms with E-state index in [-0.39, 0.29) is 0 Å². The average molecular weight is 351 g/mol. The summed E-state index contributed by atoms with van der Waals surface area (Å²) in [6, 6.07) is 10.8. The minimum absolute atomic E-state index is 0.475. The van der Waals surface area contributed by atoms with E-state index in [9.17, 15) is 0 Å². The van der Waals surface area contributed by atoms with E-state index in [1.54, 1.807) is 11.3 Å². The Morgan fingerprint density at radius 2 is 2.04 bits per heavy atom. The molecule has 6 heteroatoms. The molecule has 128 valence electrons. The maximum absolute atomic E-state index is 4.71. The summed E-state index contributed by atoms with van der Waals surface area (Å²) in [6.07, 6.45) is 6.92. The van der Waals surface area contributed by atoms with Crippen LogP contribution in [-0.4, -0.2) is 21.0 Å². The van der Waals surface area contributed by atoms with Crippen LogP contribution in [0, 0.1) is 0 Å². The summed E-state index contributed by atoms with van der Waals surface area (Å²) in [5.74, 6) is 0.719. The molecular formula is C19H21N5S. The van der Waals surface area contributed by atoms with Gasteiger partial charge in [0.1, 0.15) is 5.01 Å². The number of fused-ring (bicyclic) bond motifs is 1. The summed E-state index contributed by atoms with van der Waals surface area (Å²) in [7, 11) is 0. The van der Waals surface area contributed by atoms with Gasteiger partial charge >= 0.3 is 0 Å². The molecule has 0 bridgehead atoms. The Balaban J connectivity index is 1.34. The lowest BCUT2D eigenvalue weighted by Gasteiger charge is -2.24. The molecule has 1 unspecified atom stereocenters. The number of hydrogen-bond acceptors (Lipinski definition) is 6. The van der Waals surface area contributed by atoms with Crippen molar-refractivity contribution in [3.8, 4) is 0 Å². The molecule has 1 atom stereocenters. The van der Waals surface area contributed by atoms with E-state index in [2.05, 4.69) is 32.7 Å². The van der Waals surface area contributed by atoms with Crippen LogP contribution < -0.4 is 10.6 Å². The predicted octanol–water partition coefficient (Wildman–Crippen LogP) is 3.19. The summed E-state index contributed by atoms with van der Waals surface area (Å²) < 4.78 is 0. The summed E-state index contributed by atoms with van der Waals surface area (Å²) in [5, 5.41) is 10.1. The normalized spacial score (nSPS) is 16.4. The first kappa shape index (κ1) is 16.2. The molecule has 1 aliphatic carbocycles. The van der Waals surface area contributed by atoms with Crippen molar-refractivity contribution >= 4 is 17.3 Å². The van der Waals surface area contributed by atoms with Crippen LogP contribution >= 0.6 is 11.3 Å². The Hall–Kier alpha value is -2.31. The van der Waals surface area contributed by atoms with Gasteiger partial charge in [0.2, 0.25) is 5.95 Å². The highest BCUT2D eigenvalue weighted by Crippen LogP contribution is 2.21. The molecule has 5 nitrogen and oxygen atoms in total. The lowest BCUT2D eigenvalue weighted by molar-refractivity contribution is 0.452. The predicted molar refractivity (Wildman–Crippen MR) is 101 cm³/mol. The zero-order valence-electron chi connectivity index (χ0n) is 14.0. The fraction of sp³-hybridized carbons (Fsp3) is 0.316. The number of aromatic nitrogens is 3. The van der Waals surface area contributed by atoms with Crippen molar-refractivity contribution in [1.82, 2.24) is 20.3 Å². The zero-order chi connectivity index (χ0) is 16.9. The van der Waals surface area contributed by atoms with E-state index in [0.717, 1.165) is 43.3 Å². The zero-order valence-corrected chi connectivity index (χ0v) is 14.8. The Morgan fingerprint density at radius 3 is 2.88 bits per heavy atom. The van der Waals surface area contributed by atoms with E-state index in [0.29, 0.717) is 6.04 Å². The molecule has 2 N–H and O–H groups in total. The first-order valence-electron chi connectivity index (χ1n) is 8.61. The number of nitrogens with zero attached hydrogens (tertiary/aromatic N) is 3. The van der Waals surface area contributed by atoms with Gasteiger partial charge in [-0.15, -0.1) is 11.3 Å².